The van der Waals surface area contributed by atoms with E-state index in [1.807, 2.05) is 6.92 Å². The van der Waals surface area contributed by atoms with Crippen LogP contribution >= 0.6 is 0 Å². The average molecular weight is 333 g/mol. The van der Waals surface area contributed by atoms with Crippen LogP contribution in [0, 0.1) is 6.57 Å². The van der Waals surface area contributed by atoms with Crippen LogP contribution in [0.5, 0.6) is 0 Å². The fourth-order valence-electron chi connectivity index (χ4n) is 2.11. The van der Waals surface area contributed by atoms with Crippen molar-refractivity contribution in [3.05, 3.63) is 63.7 Å². The van der Waals surface area contributed by atoms with Crippen molar-refractivity contribution in [1.29, 1.82) is 0 Å². The molecule has 0 radical (unpaired) electrons. The van der Waals surface area contributed by atoms with Crippen LogP contribution in [0.4, 0.5) is 18.9 Å². The van der Waals surface area contributed by atoms with Crippen molar-refractivity contribution in [2.24, 2.45) is 5.10 Å². The zero-order valence-electron chi connectivity index (χ0n) is 12.8. The van der Waals surface area contributed by atoms with E-state index in [1.165, 1.54) is 6.21 Å². The van der Waals surface area contributed by atoms with Gasteiger partial charge in [-0.2, -0.15) is 18.3 Å². The number of benzene rings is 1. The highest BCUT2D eigenvalue weighted by Crippen LogP contribution is 2.36. The lowest BCUT2D eigenvalue weighted by molar-refractivity contribution is -0.136. The van der Waals surface area contributed by atoms with Gasteiger partial charge >= 0.3 is 6.18 Å². The van der Waals surface area contributed by atoms with Gasteiger partial charge in [-0.3, -0.25) is 4.79 Å². The minimum atomic E-state index is -4.80. The molecule has 24 heavy (non-hydrogen) atoms. The third-order valence-corrected chi connectivity index (χ3v) is 3.26. The molecular weight excluding hydrogens is 319 g/mol. The highest BCUT2D eigenvalue weighted by atomic mass is 19.4. The Balaban J connectivity index is 2.82. The van der Waals surface area contributed by atoms with Crippen molar-refractivity contribution in [3.63, 3.8) is 0 Å². The molecule has 0 atom stereocenters. The predicted octanol–water partition coefficient (Wildman–Crippen LogP) is 4.72. The zero-order chi connectivity index (χ0) is 17.7. The Morgan fingerprint density at radius 1 is 1.29 bits per heavy atom. The fourth-order valence-corrected chi connectivity index (χ4v) is 2.11. The molecule has 2 aromatic rings. The Kier molecular flexibility index (Phi) is 5.19. The molecule has 0 aliphatic rings. The summed E-state index contributed by atoms with van der Waals surface area (Å²) in [4.78, 5) is 15.2. The maximum Gasteiger partial charge on any atom is 0.407 e. The summed E-state index contributed by atoms with van der Waals surface area (Å²) in [7, 11) is 0. The summed E-state index contributed by atoms with van der Waals surface area (Å²) in [5, 5.41) is 3.97. The van der Waals surface area contributed by atoms with Crippen LogP contribution < -0.4 is 5.56 Å². The summed E-state index contributed by atoms with van der Waals surface area (Å²) in [5.41, 5.74) is -2.90. The van der Waals surface area contributed by atoms with Crippen molar-refractivity contribution in [3.8, 4) is 11.3 Å². The maximum atomic E-state index is 13.2. The SMILES string of the molecule is [C-]#[N+]c1c(C(F)(F)F)cc(-c2ccccc2)n(N=CCCC)c1=O. The van der Waals surface area contributed by atoms with Gasteiger partial charge in [-0.25, -0.2) is 9.52 Å². The van der Waals surface area contributed by atoms with E-state index < -0.39 is 23.0 Å². The number of alkyl halides is 3. The summed E-state index contributed by atoms with van der Waals surface area (Å²) in [6, 6.07) is 8.97. The number of halogens is 3. The monoisotopic (exact) mass is 333 g/mol. The lowest BCUT2D eigenvalue weighted by Crippen LogP contribution is -2.22. The highest BCUT2D eigenvalue weighted by Gasteiger charge is 2.36. The summed E-state index contributed by atoms with van der Waals surface area (Å²) >= 11 is 0. The molecule has 0 bridgehead atoms. The van der Waals surface area contributed by atoms with Gasteiger partial charge in [0.25, 0.3) is 11.2 Å². The minimum Gasteiger partial charge on any atom is -0.281 e. The second-order valence-corrected chi connectivity index (χ2v) is 4.97. The largest absolute Gasteiger partial charge is 0.407 e. The smallest absolute Gasteiger partial charge is 0.281 e. The number of hydrogen-bond donors (Lipinski definition) is 0. The quantitative estimate of drug-likeness (QED) is 0.589. The molecule has 0 aliphatic heterocycles. The van der Waals surface area contributed by atoms with Gasteiger partial charge in [0.15, 0.2) is 0 Å². The van der Waals surface area contributed by atoms with Crippen LogP contribution in [0.2, 0.25) is 0 Å². The molecule has 2 rings (SSSR count). The van der Waals surface area contributed by atoms with Crippen molar-refractivity contribution in [2.45, 2.75) is 25.9 Å². The summed E-state index contributed by atoms with van der Waals surface area (Å²) in [5.74, 6) is 0. The first kappa shape index (κ1) is 17.5. The molecule has 1 aromatic heterocycles. The van der Waals surface area contributed by atoms with Gasteiger partial charge in [-0.05, 0) is 12.5 Å². The van der Waals surface area contributed by atoms with Gasteiger partial charge in [-0.15, -0.1) is 0 Å². The Hall–Kier alpha value is -2.88. The molecule has 0 amide bonds. The molecule has 124 valence electrons. The molecule has 0 aliphatic carbocycles. The predicted molar refractivity (Wildman–Crippen MR) is 86.2 cm³/mol. The van der Waals surface area contributed by atoms with Crippen LogP contribution in [-0.4, -0.2) is 10.9 Å². The number of unbranched alkanes of at least 4 members (excludes halogenated alkanes) is 1. The van der Waals surface area contributed by atoms with E-state index in [4.69, 9.17) is 6.57 Å². The van der Waals surface area contributed by atoms with Crippen molar-refractivity contribution < 1.29 is 13.2 Å². The lowest BCUT2D eigenvalue weighted by atomic mass is 10.1. The van der Waals surface area contributed by atoms with E-state index in [0.717, 1.165) is 17.2 Å². The number of rotatable bonds is 4. The van der Waals surface area contributed by atoms with Crippen LogP contribution in [0.25, 0.3) is 16.1 Å². The molecule has 0 saturated heterocycles. The Labute approximate surface area is 136 Å². The number of nitrogens with zero attached hydrogens (tertiary/aromatic N) is 3. The van der Waals surface area contributed by atoms with Gasteiger partial charge in [0.2, 0.25) is 0 Å². The molecule has 4 nitrogen and oxygen atoms in total. The normalized spacial score (nSPS) is 11.6. The summed E-state index contributed by atoms with van der Waals surface area (Å²) < 4.78 is 40.5. The third-order valence-electron chi connectivity index (χ3n) is 3.26. The Morgan fingerprint density at radius 2 is 1.96 bits per heavy atom. The summed E-state index contributed by atoms with van der Waals surface area (Å²) in [6.07, 6.45) is -2.01. The Morgan fingerprint density at radius 3 is 2.50 bits per heavy atom. The molecule has 0 saturated carbocycles. The highest BCUT2D eigenvalue weighted by molar-refractivity contribution is 5.67. The van der Waals surface area contributed by atoms with E-state index in [1.54, 1.807) is 30.3 Å². The van der Waals surface area contributed by atoms with Gasteiger partial charge < -0.3 is 0 Å². The molecule has 1 heterocycles. The topological polar surface area (TPSA) is 38.7 Å². The second kappa shape index (κ2) is 7.13. The van der Waals surface area contributed by atoms with Gasteiger partial charge in [-0.1, -0.05) is 43.7 Å². The molecule has 1 aromatic carbocycles. The van der Waals surface area contributed by atoms with Gasteiger partial charge in [0, 0.05) is 11.8 Å². The second-order valence-electron chi connectivity index (χ2n) is 4.97. The van der Waals surface area contributed by atoms with Crippen LogP contribution in [-0.2, 0) is 6.18 Å². The van der Waals surface area contributed by atoms with Crippen molar-refractivity contribution >= 4 is 11.9 Å². The van der Waals surface area contributed by atoms with Crippen molar-refractivity contribution in [2.75, 3.05) is 0 Å². The van der Waals surface area contributed by atoms with E-state index in [2.05, 4.69) is 9.95 Å². The molecular formula is C17H14F3N3O. The first-order valence-electron chi connectivity index (χ1n) is 7.23. The minimum absolute atomic E-state index is 0.00678. The van der Waals surface area contributed by atoms with Crippen LogP contribution in [0.15, 0.2) is 46.3 Å². The third kappa shape index (κ3) is 3.54. The summed E-state index contributed by atoms with van der Waals surface area (Å²) in [6.45, 7) is 8.86. The molecule has 0 fully saturated rings. The molecule has 0 spiro atoms. The van der Waals surface area contributed by atoms with Gasteiger partial charge in [0.05, 0.1) is 17.8 Å². The first-order chi connectivity index (χ1) is 11.4. The van der Waals surface area contributed by atoms with Crippen LogP contribution in [0.3, 0.4) is 0 Å². The van der Waals surface area contributed by atoms with E-state index in [-0.39, 0.29) is 5.69 Å². The van der Waals surface area contributed by atoms with E-state index in [9.17, 15) is 18.0 Å². The zero-order valence-corrected chi connectivity index (χ0v) is 12.8. The Bertz CT molecular complexity index is 846. The first-order valence-corrected chi connectivity index (χ1v) is 7.23. The van der Waals surface area contributed by atoms with E-state index >= 15 is 0 Å². The van der Waals surface area contributed by atoms with Crippen LogP contribution in [0.1, 0.15) is 25.3 Å². The fraction of sp³-hybridized carbons (Fsp3) is 0.235. The molecule has 0 N–H and O–H groups in total. The average Bonchev–Trinajstić information content (AvgIpc) is 2.55. The number of aromatic nitrogens is 1. The number of pyridine rings is 1. The molecule has 0 unspecified atom stereocenters. The lowest BCUT2D eigenvalue weighted by Gasteiger charge is -2.14. The number of hydrogen-bond acceptors (Lipinski definition) is 2. The maximum absolute atomic E-state index is 13.2. The standard InChI is InChI=1S/C17H14F3N3O/c1-3-4-10-22-23-14(12-8-6-5-7-9-12)11-13(17(18,19)20)15(21-2)16(23)24/h5-11H,3-4H2,1H3. The molecule has 7 heteroatoms. The van der Waals surface area contributed by atoms with Gasteiger partial charge in [0.1, 0.15) is 0 Å². The van der Waals surface area contributed by atoms with Crippen molar-refractivity contribution in [1.82, 2.24) is 4.68 Å². The van der Waals surface area contributed by atoms with E-state index in [0.29, 0.717) is 12.0 Å².